The monoisotopic (exact) mass is 526 g/mol. The molecule has 2 aliphatic rings. The molecule has 208 valence electrons. The Morgan fingerprint density at radius 3 is 2.58 bits per heavy atom. The van der Waals surface area contributed by atoms with Crippen LogP contribution in [0.25, 0.3) is 11.1 Å². The van der Waals surface area contributed by atoms with Crippen LogP contribution in [0.2, 0.25) is 0 Å². The first-order valence-electron chi connectivity index (χ1n) is 14.0. The van der Waals surface area contributed by atoms with E-state index in [4.69, 9.17) is 10.5 Å². The lowest BCUT2D eigenvalue weighted by atomic mass is 9.71. The standard InChI is InChI=1S/C31H43FN2O4/c1-20-14-21(2)16-22(15-20)29-25(9-6-10-26(29)32)31(37,11-4-5-13-38-3)24-8-7-12-34(19-24)30(36)23-17-27(33)28(35)18-23/h6,9-10,14-16,23-24,27-28,35,37H,4-5,7-8,11-13,17-19,33H2,1-3H3/t23-,24?,27+,28-,31-/m0/s1. The molecule has 1 saturated carbocycles. The second kappa shape index (κ2) is 12.2. The van der Waals surface area contributed by atoms with Crippen molar-refractivity contribution < 1.29 is 24.1 Å². The normalized spacial score (nSPS) is 25.4. The number of benzene rings is 2. The van der Waals surface area contributed by atoms with Gasteiger partial charge in [-0.2, -0.15) is 0 Å². The molecule has 1 heterocycles. The van der Waals surface area contributed by atoms with Crippen LogP contribution in [0, 0.1) is 31.5 Å². The quantitative estimate of drug-likeness (QED) is 0.420. The van der Waals surface area contributed by atoms with E-state index in [0.717, 1.165) is 36.0 Å². The molecule has 1 aliphatic carbocycles. The first-order chi connectivity index (χ1) is 18.1. The predicted molar refractivity (Wildman–Crippen MR) is 147 cm³/mol. The SMILES string of the molecule is COCCCC[C@@](O)(c1cccc(F)c1-c1cc(C)cc(C)c1)C1CCCN(C(=O)[C@H]2C[C@@H](N)[C@@H](O)C2)C1. The molecule has 2 aromatic rings. The Morgan fingerprint density at radius 1 is 1.18 bits per heavy atom. The number of nitrogens with zero attached hydrogens (tertiary/aromatic N) is 1. The number of hydrogen-bond donors (Lipinski definition) is 3. The summed E-state index contributed by atoms with van der Waals surface area (Å²) >= 11 is 0. The van der Waals surface area contributed by atoms with Crippen molar-refractivity contribution in [1.29, 1.82) is 0 Å². The number of nitrogens with two attached hydrogens (primary N) is 1. The van der Waals surface area contributed by atoms with Gasteiger partial charge in [0.05, 0.1) is 11.7 Å². The van der Waals surface area contributed by atoms with Gasteiger partial charge in [-0.3, -0.25) is 4.79 Å². The largest absolute Gasteiger partial charge is 0.391 e. The number of carbonyl (C=O) groups excluding carboxylic acids is 1. The van der Waals surface area contributed by atoms with Crippen LogP contribution in [0.1, 0.15) is 61.6 Å². The van der Waals surface area contributed by atoms with Gasteiger partial charge >= 0.3 is 0 Å². The van der Waals surface area contributed by atoms with Crippen molar-refractivity contribution >= 4 is 5.91 Å². The summed E-state index contributed by atoms with van der Waals surface area (Å²) in [6.07, 6.45) is 3.62. The number of ether oxygens (including phenoxy) is 1. The highest BCUT2D eigenvalue weighted by atomic mass is 19.1. The first kappa shape index (κ1) is 28.7. The number of aryl methyl sites for hydroxylation is 2. The summed E-state index contributed by atoms with van der Waals surface area (Å²) in [5.74, 6) is -0.916. The molecule has 0 aromatic heterocycles. The predicted octanol–water partition coefficient (Wildman–Crippen LogP) is 4.45. The highest BCUT2D eigenvalue weighted by molar-refractivity contribution is 5.79. The number of methoxy groups -OCH3 is 1. The van der Waals surface area contributed by atoms with Crippen LogP contribution in [0.3, 0.4) is 0 Å². The van der Waals surface area contributed by atoms with Crippen molar-refractivity contribution in [2.45, 2.75) is 76.5 Å². The highest BCUT2D eigenvalue weighted by Gasteiger charge is 2.44. The second-order valence-corrected chi connectivity index (χ2v) is 11.4. The van der Waals surface area contributed by atoms with Crippen LogP contribution in [0.5, 0.6) is 0 Å². The van der Waals surface area contributed by atoms with E-state index < -0.39 is 11.7 Å². The summed E-state index contributed by atoms with van der Waals surface area (Å²) in [7, 11) is 1.66. The van der Waals surface area contributed by atoms with Gasteiger partial charge in [-0.15, -0.1) is 0 Å². The van der Waals surface area contributed by atoms with Crippen molar-refractivity contribution in [3.05, 3.63) is 58.9 Å². The number of carbonyl (C=O) groups is 1. The molecule has 2 aromatic carbocycles. The number of rotatable bonds is 9. The third kappa shape index (κ3) is 6.12. The smallest absolute Gasteiger partial charge is 0.225 e. The van der Waals surface area contributed by atoms with Gasteiger partial charge in [0, 0.05) is 50.2 Å². The Labute approximate surface area is 226 Å². The number of likely N-dealkylation sites (tertiary alicyclic amines) is 1. The summed E-state index contributed by atoms with van der Waals surface area (Å²) in [6, 6.07) is 10.6. The summed E-state index contributed by atoms with van der Waals surface area (Å²) in [5.41, 5.74) is 8.49. The maximum absolute atomic E-state index is 15.6. The van der Waals surface area contributed by atoms with E-state index in [2.05, 4.69) is 6.07 Å². The number of hydrogen-bond acceptors (Lipinski definition) is 5. The Kier molecular flexibility index (Phi) is 9.24. The lowest BCUT2D eigenvalue weighted by Gasteiger charge is -2.44. The van der Waals surface area contributed by atoms with E-state index in [1.807, 2.05) is 36.9 Å². The van der Waals surface area contributed by atoms with Crippen molar-refractivity contribution in [2.75, 3.05) is 26.8 Å². The second-order valence-electron chi connectivity index (χ2n) is 11.4. The number of piperidine rings is 1. The fourth-order valence-corrected chi connectivity index (χ4v) is 6.57. The molecule has 1 amide bonds. The van der Waals surface area contributed by atoms with E-state index >= 15 is 4.39 Å². The average molecular weight is 527 g/mol. The van der Waals surface area contributed by atoms with Gasteiger partial charge < -0.3 is 25.6 Å². The first-order valence-corrected chi connectivity index (χ1v) is 14.0. The molecular formula is C31H43FN2O4. The van der Waals surface area contributed by atoms with E-state index in [-0.39, 0.29) is 29.6 Å². The minimum absolute atomic E-state index is 0.00259. The minimum Gasteiger partial charge on any atom is -0.391 e. The molecular weight excluding hydrogens is 483 g/mol. The minimum atomic E-state index is -1.33. The summed E-state index contributed by atoms with van der Waals surface area (Å²) in [5, 5.41) is 22.7. The van der Waals surface area contributed by atoms with E-state index in [1.165, 1.54) is 6.07 Å². The molecule has 5 atom stereocenters. The van der Waals surface area contributed by atoms with Gasteiger partial charge in [-0.05, 0) is 76.0 Å². The average Bonchev–Trinajstić information content (AvgIpc) is 3.23. The summed E-state index contributed by atoms with van der Waals surface area (Å²) in [4.78, 5) is 15.3. The van der Waals surface area contributed by atoms with Crippen LogP contribution in [0.4, 0.5) is 4.39 Å². The molecule has 6 nitrogen and oxygen atoms in total. The van der Waals surface area contributed by atoms with Crippen LogP contribution in [0.15, 0.2) is 36.4 Å². The molecule has 1 saturated heterocycles. The van der Waals surface area contributed by atoms with Crippen molar-refractivity contribution in [1.82, 2.24) is 4.90 Å². The van der Waals surface area contributed by atoms with Crippen LogP contribution in [-0.2, 0) is 15.1 Å². The Morgan fingerprint density at radius 2 is 1.92 bits per heavy atom. The third-order valence-electron chi connectivity index (χ3n) is 8.48. The molecule has 38 heavy (non-hydrogen) atoms. The van der Waals surface area contributed by atoms with Crippen molar-refractivity contribution in [2.24, 2.45) is 17.6 Å². The topological polar surface area (TPSA) is 96.0 Å². The van der Waals surface area contributed by atoms with Crippen molar-refractivity contribution in [3.63, 3.8) is 0 Å². The third-order valence-corrected chi connectivity index (χ3v) is 8.48. The molecule has 0 spiro atoms. The molecule has 7 heteroatoms. The lowest BCUT2D eigenvalue weighted by molar-refractivity contribution is -0.141. The fraction of sp³-hybridized carbons (Fsp3) is 0.581. The Bertz CT molecular complexity index is 1090. The number of amides is 1. The fourth-order valence-electron chi connectivity index (χ4n) is 6.57. The zero-order valence-corrected chi connectivity index (χ0v) is 23.0. The van der Waals surface area contributed by atoms with E-state index in [9.17, 15) is 15.0 Å². The summed E-state index contributed by atoms with van der Waals surface area (Å²) in [6.45, 7) is 5.58. The van der Waals surface area contributed by atoms with Crippen LogP contribution in [-0.4, -0.2) is 60.0 Å². The summed E-state index contributed by atoms with van der Waals surface area (Å²) < 4.78 is 20.8. The highest BCUT2D eigenvalue weighted by Crippen LogP contribution is 2.45. The van der Waals surface area contributed by atoms with Crippen molar-refractivity contribution in [3.8, 4) is 11.1 Å². The zero-order chi connectivity index (χ0) is 27.4. The molecule has 0 radical (unpaired) electrons. The van der Waals surface area contributed by atoms with Gasteiger partial charge in [-0.25, -0.2) is 4.39 Å². The molecule has 2 fully saturated rings. The number of aliphatic hydroxyl groups is 2. The van der Waals surface area contributed by atoms with Gasteiger partial charge in [0.1, 0.15) is 5.82 Å². The molecule has 1 aliphatic heterocycles. The van der Waals surface area contributed by atoms with E-state index in [0.29, 0.717) is 56.5 Å². The molecule has 4 N–H and O–H groups in total. The Balaban J connectivity index is 1.70. The Hall–Kier alpha value is -2.32. The maximum Gasteiger partial charge on any atom is 0.225 e. The maximum atomic E-state index is 15.6. The van der Waals surface area contributed by atoms with E-state index in [1.54, 1.807) is 13.2 Å². The van der Waals surface area contributed by atoms with Gasteiger partial charge in [0.15, 0.2) is 0 Å². The van der Waals surface area contributed by atoms with Gasteiger partial charge in [0.25, 0.3) is 0 Å². The van der Waals surface area contributed by atoms with Crippen LogP contribution < -0.4 is 5.73 Å². The number of halogens is 1. The molecule has 4 rings (SSSR count). The zero-order valence-electron chi connectivity index (χ0n) is 23.0. The number of aliphatic hydroxyl groups excluding tert-OH is 1. The molecule has 0 bridgehead atoms. The molecule has 1 unspecified atom stereocenters. The van der Waals surface area contributed by atoms with Gasteiger partial charge in [-0.1, -0.05) is 41.5 Å². The van der Waals surface area contributed by atoms with Gasteiger partial charge in [0.2, 0.25) is 5.91 Å². The number of unbranched alkanes of at least 4 members (excludes halogenated alkanes) is 1. The lowest BCUT2D eigenvalue weighted by Crippen LogP contribution is -2.49. The van der Waals surface area contributed by atoms with Crippen LogP contribution >= 0.6 is 0 Å².